The molecule has 0 atom stereocenters. The van der Waals surface area contributed by atoms with Crippen molar-refractivity contribution in [2.45, 2.75) is 46.0 Å². The second kappa shape index (κ2) is 6.37. The zero-order valence-corrected chi connectivity index (χ0v) is 10.4. The van der Waals surface area contributed by atoms with E-state index in [-0.39, 0.29) is 0 Å². The highest BCUT2D eigenvalue weighted by Crippen LogP contribution is 2.28. The first kappa shape index (κ1) is 12.8. The molecule has 1 N–H and O–H groups in total. The minimum atomic E-state index is 0.362. The van der Waals surface area contributed by atoms with Crippen LogP contribution in [0.1, 0.15) is 50.2 Å². The molecule has 1 nitrogen and oxygen atoms in total. The minimum absolute atomic E-state index is 0.362. The average Bonchev–Trinajstić information content (AvgIpc) is 2.24. The minimum Gasteiger partial charge on any atom is -0.507 e. The molecule has 1 heteroatoms. The van der Waals surface area contributed by atoms with Crippen molar-refractivity contribution in [1.82, 2.24) is 0 Å². The highest BCUT2D eigenvalue weighted by Gasteiger charge is 2.04. The molecule has 0 heterocycles. The number of phenols is 1. The van der Waals surface area contributed by atoms with Crippen molar-refractivity contribution in [3.05, 3.63) is 35.9 Å². The molecule has 0 aliphatic heterocycles. The summed E-state index contributed by atoms with van der Waals surface area (Å²) in [6, 6.07) is 5.78. The molecule has 0 aromatic heterocycles. The molecule has 88 valence electrons. The summed E-state index contributed by atoms with van der Waals surface area (Å²) in [7, 11) is 0. The van der Waals surface area contributed by atoms with Crippen LogP contribution < -0.4 is 0 Å². The molecule has 0 fully saturated rings. The van der Waals surface area contributed by atoms with Gasteiger partial charge < -0.3 is 5.11 Å². The van der Waals surface area contributed by atoms with E-state index in [2.05, 4.69) is 13.5 Å². The normalized spacial score (nSPS) is 10.4. The van der Waals surface area contributed by atoms with Crippen LogP contribution in [0.4, 0.5) is 0 Å². The van der Waals surface area contributed by atoms with Crippen molar-refractivity contribution in [2.24, 2.45) is 0 Å². The second-order valence-corrected chi connectivity index (χ2v) is 4.43. The molecule has 0 bridgehead atoms. The molecule has 1 aromatic rings. The Morgan fingerprint density at radius 1 is 1.25 bits per heavy atom. The lowest BCUT2D eigenvalue weighted by Crippen LogP contribution is -1.86. The smallest absolute Gasteiger partial charge is 0.123 e. The summed E-state index contributed by atoms with van der Waals surface area (Å²) in [6.45, 7) is 8.24. The van der Waals surface area contributed by atoms with Gasteiger partial charge in [-0.15, -0.1) is 0 Å². The zero-order chi connectivity index (χ0) is 12.0. The molecule has 0 radical (unpaired) electrons. The predicted molar refractivity (Wildman–Crippen MR) is 70.6 cm³/mol. The van der Waals surface area contributed by atoms with Crippen LogP contribution in [0.5, 0.6) is 5.75 Å². The summed E-state index contributed by atoms with van der Waals surface area (Å²) in [5.41, 5.74) is 3.04. The molecular formula is C15H22O. The van der Waals surface area contributed by atoms with E-state index >= 15 is 0 Å². The van der Waals surface area contributed by atoms with E-state index in [0.29, 0.717) is 5.75 Å². The van der Waals surface area contributed by atoms with Crippen LogP contribution in [-0.2, 0) is 0 Å². The maximum Gasteiger partial charge on any atom is 0.123 e. The number of unbranched alkanes of at least 4 members (excludes halogenated alkanes) is 3. The van der Waals surface area contributed by atoms with Crippen LogP contribution in [0, 0.1) is 6.92 Å². The van der Waals surface area contributed by atoms with E-state index in [4.69, 9.17) is 0 Å². The van der Waals surface area contributed by atoms with Crippen LogP contribution in [0.15, 0.2) is 24.8 Å². The Bertz CT molecular complexity index is 352. The summed E-state index contributed by atoms with van der Waals surface area (Å²) in [6.07, 6.45) is 5.94. The molecule has 16 heavy (non-hydrogen) atoms. The third kappa shape index (κ3) is 3.73. The van der Waals surface area contributed by atoms with E-state index in [1.807, 2.05) is 19.1 Å². The van der Waals surface area contributed by atoms with Gasteiger partial charge in [0.15, 0.2) is 0 Å². The SMILES string of the molecule is C=C(CCCCCC)c1ccc(C)cc1O. The molecule has 1 aromatic carbocycles. The maximum atomic E-state index is 9.80. The molecule has 0 amide bonds. The van der Waals surface area contributed by atoms with Gasteiger partial charge in [0.1, 0.15) is 5.75 Å². The largest absolute Gasteiger partial charge is 0.507 e. The first-order valence-corrected chi connectivity index (χ1v) is 6.13. The van der Waals surface area contributed by atoms with Gasteiger partial charge in [0.05, 0.1) is 0 Å². The van der Waals surface area contributed by atoms with Gasteiger partial charge in [0.2, 0.25) is 0 Å². The zero-order valence-electron chi connectivity index (χ0n) is 10.4. The summed E-state index contributed by atoms with van der Waals surface area (Å²) < 4.78 is 0. The van der Waals surface area contributed by atoms with Gasteiger partial charge in [-0.3, -0.25) is 0 Å². The molecular weight excluding hydrogens is 196 g/mol. The topological polar surface area (TPSA) is 20.2 Å². The molecule has 0 aliphatic carbocycles. The second-order valence-electron chi connectivity index (χ2n) is 4.43. The van der Waals surface area contributed by atoms with Crippen molar-refractivity contribution in [3.63, 3.8) is 0 Å². The lowest BCUT2D eigenvalue weighted by molar-refractivity contribution is 0.473. The van der Waals surface area contributed by atoms with Crippen molar-refractivity contribution < 1.29 is 5.11 Å². The Labute approximate surface area is 98.8 Å². The Morgan fingerprint density at radius 2 is 2.00 bits per heavy atom. The number of aromatic hydroxyl groups is 1. The van der Waals surface area contributed by atoms with Gasteiger partial charge in [0, 0.05) is 5.56 Å². The van der Waals surface area contributed by atoms with Gasteiger partial charge in [0.25, 0.3) is 0 Å². The fourth-order valence-electron chi connectivity index (χ4n) is 1.84. The summed E-state index contributed by atoms with van der Waals surface area (Å²) in [5.74, 6) is 0.362. The van der Waals surface area contributed by atoms with Gasteiger partial charge in [-0.25, -0.2) is 0 Å². The van der Waals surface area contributed by atoms with Crippen LogP contribution in [-0.4, -0.2) is 5.11 Å². The average molecular weight is 218 g/mol. The van der Waals surface area contributed by atoms with Gasteiger partial charge in [-0.1, -0.05) is 44.9 Å². The monoisotopic (exact) mass is 218 g/mol. The van der Waals surface area contributed by atoms with Crippen LogP contribution >= 0.6 is 0 Å². The van der Waals surface area contributed by atoms with E-state index in [1.54, 1.807) is 6.07 Å². The van der Waals surface area contributed by atoms with Gasteiger partial charge in [-0.2, -0.15) is 0 Å². The maximum absolute atomic E-state index is 9.80. The van der Waals surface area contributed by atoms with Crippen LogP contribution in [0.25, 0.3) is 5.57 Å². The molecule has 0 aliphatic rings. The van der Waals surface area contributed by atoms with E-state index in [9.17, 15) is 5.11 Å². The summed E-state index contributed by atoms with van der Waals surface area (Å²) in [5, 5.41) is 9.80. The molecule has 1 rings (SSSR count). The third-order valence-electron chi connectivity index (χ3n) is 2.87. The van der Waals surface area contributed by atoms with Crippen molar-refractivity contribution in [3.8, 4) is 5.75 Å². The fourth-order valence-corrected chi connectivity index (χ4v) is 1.84. The quantitative estimate of drug-likeness (QED) is 0.687. The Hall–Kier alpha value is -1.24. The molecule has 0 unspecified atom stereocenters. The lowest BCUT2D eigenvalue weighted by atomic mass is 9.99. The number of allylic oxidation sites excluding steroid dienone is 1. The van der Waals surface area contributed by atoms with Crippen molar-refractivity contribution >= 4 is 5.57 Å². The number of aryl methyl sites for hydroxylation is 1. The Morgan fingerprint density at radius 3 is 2.62 bits per heavy atom. The highest BCUT2D eigenvalue weighted by atomic mass is 16.3. The molecule has 0 saturated heterocycles. The lowest BCUT2D eigenvalue weighted by Gasteiger charge is -2.08. The van der Waals surface area contributed by atoms with Crippen molar-refractivity contribution in [1.29, 1.82) is 0 Å². The van der Waals surface area contributed by atoms with Crippen LogP contribution in [0.2, 0.25) is 0 Å². The Balaban J connectivity index is 2.53. The van der Waals surface area contributed by atoms with Gasteiger partial charge >= 0.3 is 0 Å². The first-order valence-electron chi connectivity index (χ1n) is 6.13. The van der Waals surface area contributed by atoms with E-state index in [1.165, 1.54) is 25.7 Å². The van der Waals surface area contributed by atoms with Gasteiger partial charge in [-0.05, 0) is 37.0 Å². The fraction of sp³-hybridized carbons (Fsp3) is 0.467. The number of benzene rings is 1. The molecule has 0 saturated carbocycles. The first-order chi connectivity index (χ1) is 7.65. The Kier molecular flexibility index (Phi) is 5.10. The highest BCUT2D eigenvalue weighted by molar-refractivity contribution is 5.68. The summed E-state index contributed by atoms with van der Waals surface area (Å²) >= 11 is 0. The predicted octanol–water partition coefficient (Wildman–Crippen LogP) is 4.68. The number of rotatable bonds is 6. The van der Waals surface area contributed by atoms with Crippen molar-refractivity contribution in [2.75, 3.05) is 0 Å². The van der Waals surface area contributed by atoms with E-state index in [0.717, 1.165) is 23.1 Å². The number of hydrogen-bond donors (Lipinski definition) is 1. The standard InChI is InChI=1S/C15H22O/c1-4-5-6-7-8-13(3)14-10-9-12(2)11-15(14)16/h9-11,16H,3-8H2,1-2H3. The van der Waals surface area contributed by atoms with Crippen LogP contribution in [0.3, 0.4) is 0 Å². The number of hydrogen-bond acceptors (Lipinski definition) is 1. The van der Waals surface area contributed by atoms with E-state index < -0.39 is 0 Å². The number of phenolic OH excluding ortho intramolecular Hbond substituents is 1. The summed E-state index contributed by atoms with van der Waals surface area (Å²) in [4.78, 5) is 0. The molecule has 0 spiro atoms. The third-order valence-corrected chi connectivity index (χ3v) is 2.87.